The summed E-state index contributed by atoms with van der Waals surface area (Å²) < 4.78 is 5.37. The number of carbonyl (C=O) groups excluding carboxylic acids is 1. The van der Waals surface area contributed by atoms with Crippen molar-refractivity contribution < 1.29 is 9.53 Å². The maximum atomic E-state index is 11.4. The third kappa shape index (κ3) is 3.06. The summed E-state index contributed by atoms with van der Waals surface area (Å²) in [6.45, 7) is 10.6. The average Bonchev–Trinajstić information content (AvgIpc) is 2.10. The number of hydrogen-bond donors (Lipinski definition) is 0. The molecule has 3 nitrogen and oxygen atoms in total. The Hall–Kier alpha value is -0.830. The highest BCUT2D eigenvalue weighted by atomic mass is 16.5. The van der Waals surface area contributed by atoms with Gasteiger partial charge < -0.3 is 9.64 Å². The molecule has 0 bridgehead atoms. The maximum Gasteiger partial charge on any atom is 0.333 e. The van der Waals surface area contributed by atoms with E-state index >= 15 is 0 Å². The second-order valence-corrected chi connectivity index (χ2v) is 5.03. The van der Waals surface area contributed by atoms with Crippen LogP contribution >= 0.6 is 0 Å². The molecule has 0 amide bonds. The molecule has 1 unspecified atom stereocenters. The molecule has 0 aromatic heterocycles. The monoisotopic (exact) mass is 211 g/mol. The van der Waals surface area contributed by atoms with Gasteiger partial charge in [-0.2, -0.15) is 0 Å². The molecule has 1 rings (SSSR count). The summed E-state index contributed by atoms with van der Waals surface area (Å²) in [5, 5.41) is 0. The molecular weight excluding hydrogens is 190 g/mol. The van der Waals surface area contributed by atoms with Crippen molar-refractivity contribution in [2.75, 3.05) is 13.6 Å². The van der Waals surface area contributed by atoms with Crippen molar-refractivity contribution in [2.24, 2.45) is 0 Å². The Balaban J connectivity index is 2.53. The number of rotatable bonds is 2. The second kappa shape index (κ2) is 4.35. The van der Waals surface area contributed by atoms with Crippen molar-refractivity contribution in [1.82, 2.24) is 4.90 Å². The zero-order valence-electron chi connectivity index (χ0n) is 10.2. The second-order valence-electron chi connectivity index (χ2n) is 5.03. The Labute approximate surface area is 92.1 Å². The molecule has 86 valence electrons. The van der Waals surface area contributed by atoms with Crippen LogP contribution in [-0.2, 0) is 9.53 Å². The van der Waals surface area contributed by atoms with Gasteiger partial charge in [0.15, 0.2) is 0 Å². The van der Waals surface area contributed by atoms with Gasteiger partial charge in [0.05, 0.1) is 0 Å². The van der Waals surface area contributed by atoms with E-state index in [2.05, 4.69) is 32.4 Å². The Morgan fingerprint density at radius 1 is 1.53 bits per heavy atom. The standard InChI is InChI=1S/C12H21NO2/c1-9(2)11(14)15-10-6-7-13(5)12(3,4)8-10/h10H,1,6-8H2,2-5H3. The van der Waals surface area contributed by atoms with E-state index in [-0.39, 0.29) is 17.6 Å². The highest BCUT2D eigenvalue weighted by Crippen LogP contribution is 2.27. The number of piperidine rings is 1. The van der Waals surface area contributed by atoms with E-state index in [0.717, 1.165) is 19.4 Å². The third-order valence-corrected chi connectivity index (χ3v) is 3.17. The summed E-state index contributed by atoms with van der Waals surface area (Å²) in [6, 6.07) is 0. The normalized spacial score (nSPS) is 26.0. The number of nitrogens with zero attached hydrogens (tertiary/aromatic N) is 1. The lowest BCUT2D eigenvalue weighted by Gasteiger charge is -2.43. The van der Waals surface area contributed by atoms with Crippen molar-refractivity contribution in [2.45, 2.75) is 45.3 Å². The van der Waals surface area contributed by atoms with Gasteiger partial charge in [-0.05, 0) is 34.2 Å². The first kappa shape index (κ1) is 12.2. The molecule has 1 aliphatic rings. The number of ether oxygens (including phenoxy) is 1. The first-order valence-electron chi connectivity index (χ1n) is 5.40. The van der Waals surface area contributed by atoms with Crippen LogP contribution in [0.3, 0.4) is 0 Å². The van der Waals surface area contributed by atoms with Gasteiger partial charge >= 0.3 is 5.97 Å². The maximum absolute atomic E-state index is 11.4. The highest BCUT2D eigenvalue weighted by molar-refractivity contribution is 5.87. The summed E-state index contributed by atoms with van der Waals surface area (Å²) in [4.78, 5) is 13.7. The van der Waals surface area contributed by atoms with E-state index in [1.54, 1.807) is 6.92 Å². The van der Waals surface area contributed by atoms with Gasteiger partial charge in [-0.15, -0.1) is 0 Å². The van der Waals surface area contributed by atoms with Crippen LogP contribution in [0.2, 0.25) is 0 Å². The van der Waals surface area contributed by atoms with Crippen molar-refractivity contribution in [3.8, 4) is 0 Å². The van der Waals surface area contributed by atoms with E-state index in [1.807, 2.05) is 0 Å². The Morgan fingerprint density at radius 2 is 2.13 bits per heavy atom. The largest absolute Gasteiger partial charge is 0.459 e. The fourth-order valence-corrected chi connectivity index (χ4v) is 1.81. The summed E-state index contributed by atoms with van der Waals surface area (Å²) in [5.74, 6) is -0.264. The number of carbonyl (C=O) groups is 1. The minimum Gasteiger partial charge on any atom is -0.459 e. The molecule has 0 aromatic rings. The van der Waals surface area contributed by atoms with Crippen molar-refractivity contribution in [3.05, 3.63) is 12.2 Å². The van der Waals surface area contributed by atoms with Gasteiger partial charge in [0.2, 0.25) is 0 Å². The molecule has 1 fully saturated rings. The van der Waals surface area contributed by atoms with Crippen molar-refractivity contribution >= 4 is 5.97 Å². The van der Waals surface area contributed by atoms with Crippen LogP contribution in [-0.4, -0.2) is 36.1 Å². The third-order valence-electron chi connectivity index (χ3n) is 3.17. The quantitative estimate of drug-likeness (QED) is 0.516. The zero-order valence-corrected chi connectivity index (χ0v) is 10.2. The predicted octanol–water partition coefficient (Wildman–Crippen LogP) is 1.98. The van der Waals surface area contributed by atoms with Crippen LogP contribution in [0.15, 0.2) is 12.2 Å². The van der Waals surface area contributed by atoms with E-state index < -0.39 is 0 Å². The molecule has 0 N–H and O–H groups in total. The fourth-order valence-electron chi connectivity index (χ4n) is 1.81. The molecule has 0 aromatic carbocycles. The molecule has 1 saturated heterocycles. The van der Waals surface area contributed by atoms with Crippen LogP contribution < -0.4 is 0 Å². The number of likely N-dealkylation sites (tertiary alicyclic amines) is 1. The van der Waals surface area contributed by atoms with E-state index in [4.69, 9.17) is 4.74 Å². The molecule has 1 aliphatic heterocycles. The Kier molecular flexibility index (Phi) is 3.55. The molecule has 3 heteroatoms. The van der Waals surface area contributed by atoms with Gasteiger partial charge in [-0.25, -0.2) is 4.79 Å². The first-order chi connectivity index (χ1) is 6.83. The van der Waals surface area contributed by atoms with Crippen LogP contribution in [0, 0.1) is 0 Å². The van der Waals surface area contributed by atoms with Gasteiger partial charge in [-0.1, -0.05) is 6.58 Å². The SMILES string of the molecule is C=C(C)C(=O)OC1CCN(C)C(C)(C)C1. The van der Waals surface area contributed by atoms with Crippen molar-refractivity contribution in [3.63, 3.8) is 0 Å². The molecule has 1 atom stereocenters. The fraction of sp³-hybridized carbons (Fsp3) is 0.750. The summed E-state index contributed by atoms with van der Waals surface area (Å²) >= 11 is 0. The Morgan fingerprint density at radius 3 is 2.60 bits per heavy atom. The molecular formula is C12H21NO2. The van der Waals surface area contributed by atoms with E-state index in [0.29, 0.717) is 5.57 Å². The highest BCUT2D eigenvalue weighted by Gasteiger charge is 2.34. The van der Waals surface area contributed by atoms with Crippen LogP contribution in [0.4, 0.5) is 0 Å². The van der Waals surface area contributed by atoms with Crippen LogP contribution in [0.1, 0.15) is 33.6 Å². The Bertz CT molecular complexity index is 271. The molecule has 0 aliphatic carbocycles. The number of esters is 1. The average molecular weight is 211 g/mol. The molecule has 0 radical (unpaired) electrons. The molecule has 0 saturated carbocycles. The van der Waals surface area contributed by atoms with E-state index in [1.165, 1.54) is 0 Å². The predicted molar refractivity (Wildman–Crippen MR) is 60.6 cm³/mol. The van der Waals surface area contributed by atoms with Gasteiger partial charge in [-0.3, -0.25) is 0 Å². The lowest BCUT2D eigenvalue weighted by atomic mass is 9.89. The first-order valence-corrected chi connectivity index (χ1v) is 5.40. The topological polar surface area (TPSA) is 29.5 Å². The van der Waals surface area contributed by atoms with Gasteiger partial charge in [0.1, 0.15) is 6.10 Å². The lowest BCUT2D eigenvalue weighted by Crippen LogP contribution is -2.50. The van der Waals surface area contributed by atoms with Gasteiger partial charge in [0, 0.05) is 24.1 Å². The summed E-state index contributed by atoms with van der Waals surface area (Å²) in [5.41, 5.74) is 0.588. The van der Waals surface area contributed by atoms with E-state index in [9.17, 15) is 4.79 Å². The van der Waals surface area contributed by atoms with Crippen molar-refractivity contribution in [1.29, 1.82) is 0 Å². The molecule has 15 heavy (non-hydrogen) atoms. The smallest absolute Gasteiger partial charge is 0.333 e. The van der Waals surface area contributed by atoms with Crippen LogP contribution in [0.25, 0.3) is 0 Å². The minimum absolute atomic E-state index is 0.0420. The zero-order chi connectivity index (χ0) is 11.6. The molecule has 1 heterocycles. The van der Waals surface area contributed by atoms with Crippen LogP contribution in [0.5, 0.6) is 0 Å². The molecule has 0 spiro atoms. The summed E-state index contributed by atoms with van der Waals surface area (Å²) in [7, 11) is 2.11. The number of hydrogen-bond acceptors (Lipinski definition) is 3. The summed E-state index contributed by atoms with van der Waals surface area (Å²) in [6.07, 6.45) is 1.85. The lowest BCUT2D eigenvalue weighted by molar-refractivity contribution is -0.148. The van der Waals surface area contributed by atoms with Gasteiger partial charge in [0.25, 0.3) is 0 Å². The minimum atomic E-state index is -0.264.